The van der Waals surface area contributed by atoms with Gasteiger partial charge in [-0.15, -0.1) is 0 Å². The molecule has 0 unspecified atom stereocenters. The van der Waals surface area contributed by atoms with Crippen LogP contribution >= 0.6 is 0 Å². The topological polar surface area (TPSA) is 68.9 Å². The largest absolute Gasteiger partial charge is 0.493 e. The van der Waals surface area contributed by atoms with Crippen LogP contribution < -0.4 is 9.47 Å². The molecule has 5 nitrogen and oxygen atoms in total. The summed E-state index contributed by atoms with van der Waals surface area (Å²) in [7, 11) is 0. The molecule has 0 fully saturated rings. The molecular weight excluding hydrogens is 394 g/mol. The van der Waals surface area contributed by atoms with Gasteiger partial charge in [0.05, 0.1) is 6.61 Å². The van der Waals surface area contributed by atoms with Gasteiger partial charge in [-0.2, -0.15) is 8.78 Å². The van der Waals surface area contributed by atoms with Crippen LogP contribution in [0, 0.1) is 20.8 Å². The SMILES string of the molecule is Cc1cc2cc(OC(F)F)cc(CCOc3ccc(CCC(=O)O)c(C)c3C)c2o1. The van der Waals surface area contributed by atoms with Crippen LogP contribution in [0.5, 0.6) is 11.5 Å². The summed E-state index contributed by atoms with van der Waals surface area (Å²) in [6.45, 7) is 3.10. The Balaban J connectivity index is 1.74. The summed E-state index contributed by atoms with van der Waals surface area (Å²) < 4.78 is 41.5. The smallest absolute Gasteiger partial charge is 0.387 e. The highest BCUT2D eigenvalue weighted by atomic mass is 19.3. The Kier molecular flexibility index (Phi) is 6.59. The molecule has 0 radical (unpaired) electrons. The maximum absolute atomic E-state index is 12.6. The Morgan fingerprint density at radius 1 is 1.07 bits per heavy atom. The van der Waals surface area contributed by atoms with Crippen molar-refractivity contribution in [1.82, 2.24) is 0 Å². The second-order valence-electron chi connectivity index (χ2n) is 7.20. The lowest BCUT2D eigenvalue weighted by Gasteiger charge is -2.14. The average molecular weight is 418 g/mol. The van der Waals surface area contributed by atoms with Gasteiger partial charge in [0, 0.05) is 23.8 Å². The van der Waals surface area contributed by atoms with Crippen molar-refractivity contribution in [2.75, 3.05) is 6.61 Å². The number of benzene rings is 2. The van der Waals surface area contributed by atoms with Crippen molar-refractivity contribution in [3.63, 3.8) is 0 Å². The van der Waals surface area contributed by atoms with Gasteiger partial charge in [-0.1, -0.05) is 6.07 Å². The van der Waals surface area contributed by atoms with Crippen molar-refractivity contribution in [3.8, 4) is 11.5 Å². The third kappa shape index (κ3) is 5.09. The van der Waals surface area contributed by atoms with Gasteiger partial charge in [0.2, 0.25) is 0 Å². The number of alkyl halides is 2. The van der Waals surface area contributed by atoms with E-state index in [1.807, 2.05) is 26.0 Å². The van der Waals surface area contributed by atoms with E-state index >= 15 is 0 Å². The minimum atomic E-state index is -2.90. The summed E-state index contributed by atoms with van der Waals surface area (Å²) in [6, 6.07) is 8.58. The van der Waals surface area contributed by atoms with Crippen LogP contribution in [0.3, 0.4) is 0 Å². The maximum atomic E-state index is 12.6. The molecule has 30 heavy (non-hydrogen) atoms. The quantitative estimate of drug-likeness (QED) is 0.490. The lowest BCUT2D eigenvalue weighted by molar-refractivity contribution is -0.136. The van der Waals surface area contributed by atoms with E-state index in [0.717, 1.165) is 22.3 Å². The van der Waals surface area contributed by atoms with E-state index in [4.69, 9.17) is 14.3 Å². The van der Waals surface area contributed by atoms with Gasteiger partial charge in [-0.3, -0.25) is 4.79 Å². The third-order valence-corrected chi connectivity index (χ3v) is 5.10. The number of rotatable bonds is 9. The highest BCUT2D eigenvalue weighted by Crippen LogP contribution is 2.30. The molecule has 0 spiro atoms. The zero-order chi connectivity index (χ0) is 21.8. The van der Waals surface area contributed by atoms with Crippen LogP contribution in [0.15, 0.2) is 34.7 Å². The first-order valence-corrected chi connectivity index (χ1v) is 9.66. The monoisotopic (exact) mass is 418 g/mol. The van der Waals surface area contributed by atoms with E-state index in [9.17, 15) is 13.6 Å². The zero-order valence-corrected chi connectivity index (χ0v) is 17.1. The molecule has 7 heteroatoms. The lowest BCUT2D eigenvalue weighted by atomic mass is 9.99. The molecule has 3 rings (SSSR count). The number of hydrogen-bond acceptors (Lipinski definition) is 4. The molecule has 0 amide bonds. The standard InChI is InChI=1S/C23H24F2O5/c1-13-10-18-12-19(30-23(24)25)11-17(22(18)29-13)8-9-28-20-6-4-16(5-7-21(26)27)14(2)15(20)3/h4,6,10-12,23H,5,7-9H2,1-3H3,(H,26,27). The van der Waals surface area contributed by atoms with E-state index in [1.54, 1.807) is 19.1 Å². The minimum Gasteiger partial charge on any atom is -0.493 e. The average Bonchev–Trinajstić information content (AvgIpc) is 3.04. The highest BCUT2D eigenvalue weighted by molar-refractivity contribution is 5.83. The van der Waals surface area contributed by atoms with Crippen LogP contribution in [0.2, 0.25) is 0 Å². The van der Waals surface area contributed by atoms with Crippen LogP contribution in [0.25, 0.3) is 11.0 Å². The number of hydrogen-bond donors (Lipinski definition) is 1. The predicted molar refractivity (Wildman–Crippen MR) is 109 cm³/mol. The number of carbonyl (C=O) groups is 1. The molecule has 160 valence electrons. The summed E-state index contributed by atoms with van der Waals surface area (Å²) in [5.41, 5.74) is 4.29. The summed E-state index contributed by atoms with van der Waals surface area (Å²) in [6.07, 6.45) is 0.994. The molecule has 1 heterocycles. The first kappa shape index (κ1) is 21.6. The number of aliphatic carboxylic acids is 1. The number of aryl methyl sites for hydroxylation is 2. The van der Waals surface area contributed by atoms with Crippen molar-refractivity contribution in [1.29, 1.82) is 0 Å². The number of ether oxygens (including phenoxy) is 2. The van der Waals surface area contributed by atoms with Crippen LogP contribution in [0.4, 0.5) is 8.78 Å². The van der Waals surface area contributed by atoms with Crippen molar-refractivity contribution in [2.45, 2.75) is 46.6 Å². The molecule has 1 N–H and O–H groups in total. The molecule has 0 aliphatic carbocycles. The molecular formula is C23H24F2O5. The molecule has 0 aliphatic rings. The van der Waals surface area contributed by atoms with Gasteiger partial charge in [0.1, 0.15) is 22.8 Å². The minimum absolute atomic E-state index is 0.0794. The van der Waals surface area contributed by atoms with E-state index in [0.29, 0.717) is 41.9 Å². The van der Waals surface area contributed by atoms with Gasteiger partial charge < -0.3 is 19.0 Å². The van der Waals surface area contributed by atoms with E-state index in [-0.39, 0.29) is 12.2 Å². The van der Waals surface area contributed by atoms with E-state index in [1.165, 1.54) is 6.07 Å². The van der Waals surface area contributed by atoms with Crippen molar-refractivity contribution in [3.05, 3.63) is 58.3 Å². The molecule has 0 saturated carbocycles. The number of carboxylic acids is 1. The summed E-state index contributed by atoms with van der Waals surface area (Å²) in [4.78, 5) is 10.8. The molecule has 0 atom stereocenters. The van der Waals surface area contributed by atoms with Crippen molar-refractivity contribution in [2.24, 2.45) is 0 Å². The molecule has 0 saturated heterocycles. The summed E-state index contributed by atoms with van der Waals surface area (Å²) in [5, 5.41) is 9.58. The normalized spacial score (nSPS) is 11.3. The Morgan fingerprint density at radius 2 is 1.83 bits per heavy atom. The number of furan rings is 1. The van der Waals surface area contributed by atoms with Crippen LogP contribution in [-0.2, 0) is 17.6 Å². The first-order valence-electron chi connectivity index (χ1n) is 9.66. The molecule has 3 aromatic rings. The number of fused-ring (bicyclic) bond motifs is 1. The fourth-order valence-electron chi connectivity index (χ4n) is 3.47. The molecule has 0 aliphatic heterocycles. The number of carboxylic acid groups (broad SMARTS) is 1. The second kappa shape index (κ2) is 9.15. The third-order valence-electron chi connectivity index (χ3n) is 5.10. The zero-order valence-electron chi connectivity index (χ0n) is 17.1. The van der Waals surface area contributed by atoms with Crippen LogP contribution in [-0.4, -0.2) is 24.3 Å². The van der Waals surface area contributed by atoms with Crippen molar-refractivity contribution < 1.29 is 32.6 Å². The molecule has 0 bridgehead atoms. The predicted octanol–water partition coefficient (Wildman–Crippen LogP) is 5.60. The van der Waals surface area contributed by atoms with E-state index < -0.39 is 12.6 Å². The Bertz CT molecular complexity index is 1060. The van der Waals surface area contributed by atoms with Gasteiger partial charge in [0.25, 0.3) is 0 Å². The Labute approximate surface area is 173 Å². The van der Waals surface area contributed by atoms with Gasteiger partial charge >= 0.3 is 12.6 Å². The van der Waals surface area contributed by atoms with Gasteiger partial charge in [-0.05, 0) is 68.1 Å². The molecule has 1 aromatic heterocycles. The van der Waals surface area contributed by atoms with E-state index in [2.05, 4.69) is 4.74 Å². The summed E-state index contributed by atoms with van der Waals surface area (Å²) in [5.74, 6) is 0.649. The maximum Gasteiger partial charge on any atom is 0.387 e. The Hall–Kier alpha value is -3.09. The highest BCUT2D eigenvalue weighted by Gasteiger charge is 2.14. The number of halogens is 2. The summed E-state index contributed by atoms with van der Waals surface area (Å²) >= 11 is 0. The fourth-order valence-corrected chi connectivity index (χ4v) is 3.47. The van der Waals surface area contributed by atoms with Crippen molar-refractivity contribution >= 4 is 16.9 Å². The second-order valence-corrected chi connectivity index (χ2v) is 7.20. The van der Waals surface area contributed by atoms with Gasteiger partial charge in [-0.25, -0.2) is 0 Å². The molecule has 2 aromatic carbocycles. The fraction of sp³-hybridized carbons (Fsp3) is 0.348. The Morgan fingerprint density at radius 3 is 2.53 bits per heavy atom. The first-order chi connectivity index (χ1) is 14.2. The van der Waals surface area contributed by atoms with Gasteiger partial charge in [0.15, 0.2) is 0 Å². The lowest BCUT2D eigenvalue weighted by Crippen LogP contribution is -2.06. The van der Waals surface area contributed by atoms with Crippen LogP contribution in [0.1, 0.15) is 34.4 Å².